The summed E-state index contributed by atoms with van der Waals surface area (Å²) in [6.45, 7) is 17.6. The zero-order valence-electron chi connectivity index (χ0n) is 11.9. The quantitative estimate of drug-likeness (QED) is 0.654. The number of rotatable bonds is 9. The van der Waals surface area contributed by atoms with Crippen LogP contribution in [0, 0.1) is 0 Å². The highest BCUT2D eigenvalue weighted by Gasteiger charge is 2.27. The minimum atomic E-state index is 0.169. The lowest BCUT2D eigenvalue weighted by atomic mass is 9.96. The van der Waals surface area contributed by atoms with Crippen LogP contribution >= 0.6 is 0 Å². The maximum Gasteiger partial charge on any atom is 0.0301 e. The van der Waals surface area contributed by atoms with Crippen LogP contribution < -0.4 is 5.73 Å². The van der Waals surface area contributed by atoms with Crippen LogP contribution in [-0.4, -0.2) is 54.6 Å². The molecule has 0 aromatic heterocycles. The lowest BCUT2D eigenvalue weighted by Gasteiger charge is -2.40. The summed E-state index contributed by atoms with van der Waals surface area (Å²) in [5.74, 6) is 0. The van der Waals surface area contributed by atoms with Gasteiger partial charge in [0.05, 0.1) is 0 Å². The number of hydrogen-bond donors (Lipinski definition) is 1. The van der Waals surface area contributed by atoms with E-state index in [1.54, 1.807) is 0 Å². The molecule has 0 aliphatic carbocycles. The third-order valence-corrected chi connectivity index (χ3v) is 3.93. The Morgan fingerprint density at radius 3 is 1.81 bits per heavy atom. The van der Waals surface area contributed by atoms with Crippen molar-refractivity contribution in [2.75, 3.05) is 39.3 Å². The summed E-state index contributed by atoms with van der Waals surface area (Å²) in [6, 6.07) is 0. The zero-order valence-corrected chi connectivity index (χ0v) is 11.9. The van der Waals surface area contributed by atoms with E-state index in [9.17, 15) is 0 Å². The second-order valence-corrected chi connectivity index (χ2v) is 4.66. The number of nitrogens with zero attached hydrogens (tertiary/aromatic N) is 2. The van der Waals surface area contributed by atoms with Gasteiger partial charge in [-0.2, -0.15) is 0 Å². The Kier molecular flexibility index (Phi) is 7.98. The third-order valence-electron chi connectivity index (χ3n) is 3.93. The molecule has 0 aliphatic heterocycles. The molecular weight excluding hydrogens is 198 g/mol. The number of nitrogens with two attached hydrogens (primary N) is 1. The first-order valence-corrected chi connectivity index (χ1v) is 6.75. The van der Waals surface area contributed by atoms with Crippen LogP contribution in [-0.2, 0) is 0 Å². The van der Waals surface area contributed by atoms with Gasteiger partial charge in [-0.15, -0.1) is 0 Å². The minimum Gasteiger partial charge on any atom is -0.329 e. The molecule has 0 spiro atoms. The van der Waals surface area contributed by atoms with Crippen molar-refractivity contribution in [2.24, 2.45) is 5.73 Å². The van der Waals surface area contributed by atoms with Gasteiger partial charge in [0, 0.05) is 25.2 Å². The predicted molar refractivity (Wildman–Crippen MR) is 72.8 cm³/mol. The number of hydrogen-bond acceptors (Lipinski definition) is 3. The molecule has 0 aromatic rings. The van der Waals surface area contributed by atoms with Crippen LogP contribution in [0.1, 0.15) is 41.0 Å². The summed E-state index contributed by atoms with van der Waals surface area (Å²) in [6.07, 6.45) is 1.12. The van der Waals surface area contributed by atoms with E-state index in [4.69, 9.17) is 5.73 Å². The maximum absolute atomic E-state index is 5.91. The van der Waals surface area contributed by atoms with E-state index in [0.717, 1.165) is 45.7 Å². The van der Waals surface area contributed by atoms with E-state index in [0.29, 0.717) is 0 Å². The third kappa shape index (κ3) is 4.40. The van der Waals surface area contributed by atoms with Gasteiger partial charge in [0.15, 0.2) is 0 Å². The molecule has 3 nitrogen and oxygen atoms in total. The average Bonchev–Trinajstić information content (AvgIpc) is 2.34. The Labute approximate surface area is 102 Å². The summed E-state index contributed by atoms with van der Waals surface area (Å²) in [4.78, 5) is 4.99. The fraction of sp³-hybridized carbons (Fsp3) is 1.00. The molecule has 0 amide bonds. The summed E-state index contributed by atoms with van der Waals surface area (Å²) < 4.78 is 0. The first-order valence-electron chi connectivity index (χ1n) is 6.75. The Hall–Kier alpha value is -0.120. The van der Waals surface area contributed by atoms with Gasteiger partial charge in [-0.3, -0.25) is 4.90 Å². The molecule has 2 N–H and O–H groups in total. The van der Waals surface area contributed by atoms with E-state index in [-0.39, 0.29) is 5.54 Å². The zero-order chi connectivity index (χ0) is 12.6. The summed E-state index contributed by atoms with van der Waals surface area (Å²) in [5.41, 5.74) is 6.08. The summed E-state index contributed by atoms with van der Waals surface area (Å²) in [5, 5.41) is 0. The highest BCUT2D eigenvalue weighted by atomic mass is 15.2. The van der Waals surface area contributed by atoms with E-state index in [1.807, 2.05) is 0 Å². The molecule has 1 unspecified atom stereocenters. The highest BCUT2D eigenvalue weighted by molar-refractivity contribution is 4.85. The molecule has 0 fully saturated rings. The van der Waals surface area contributed by atoms with Gasteiger partial charge in [0.2, 0.25) is 0 Å². The highest BCUT2D eigenvalue weighted by Crippen LogP contribution is 2.17. The fourth-order valence-corrected chi connectivity index (χ4v) is 2.11. The number of likely N-dealkylation sites (N-methyl/N-ethyl adjacent to an activating group) is 2. The predicted octanol–water partition coefficient (Wildman–Crippen LogP) is 1.78. The van der Waals surface area contributed by atoms with Gasteiger partial charge in [0.1, 0.15) is 0 Å². The van der Waals surface area contributed by atoms with Gasteiger partial charge in [-0.25, -0.2) is 0 Å². The van der Waals surface area contributed by atoms with Gasteiger partial charge >= 0.3 is 0 Å². The maximum atomic E-state index is 5.91. The smallest absolute Gasteiger partial charge is 0.0301 e. The van der Waals surface area contributed by atoms with Crippen molar-refractivity contribution in [1.82, 2.24) is 9.80 Å². The van der Waals surface area contributed by atoms with Gasteiger partial charge in [-0.1, -0.05) is 27.7 Å². The Balaban J connectivity index is 4.28. The molecule has 0 heterocycles. The van der Waals surface area contributed by atoms with Crippen molar-refractivity contribution in [3.05, 3.63) is 0 Å². The second-order valence-electron chi connectivity index (χ2n) is 4.66. The van der Waals surface area contributed by atoms with Crippen LogP contribution in [0.15, 0.2) is 0 Å². The molecule has 0 saturated heterocycles. The molecule has 0 bridgehead atoms. The van der Waals surface area contributed by atoms with Crippen LogP contribution in [0.5, 0.6) is 0 Å². The van der Waals surface area contributed by atoms with E-state index < -0.39 is 0 Å². The van der Waals surface area contributed by atoms with Crippen molar-refractivity contribution in [2.45, 2.75) is 46.6 Å². The van der Waals surface area contributed by atoms with Gasteiger partial charge < -0.3 is 10.6 Å². The molecule has 16 heavy (non-hydrogen) atoms. The average molecular weight is 229 g/mol. The van der Waals surface area contributed by atoms with Crippen LogP contribution in [0.4, 0.5) is 0 Å². The molecule has 98 valence electrons. The van der Waals surface area contributed by atoms with Crippen LogP contribution in [0.3, 0.4) is 0 Å². The van der Waals surface area contributed by atoms with Crippen molar-refractivity contribution in [3.63, 3.8) is 0 Å². The molecule has 0 rings (SSSR count). The first-order chi connectivity index (χ1) is 7.57. The fourth-order valence-electron chi connectivity index (χ4n) is 2.11. The lowest BCUT2D eigenvalue weighted by molar-refractivity contribution is 0.0973. The largest absolute Gasteiger partial charge is 0.329 e. The Morgan fingerprint density at radius 1 is 0.938 bits per heavy atom. The van der Waals surface area contributed by atoms with Crippen molar-refractivity contribution in [3.8, 4) is 0 Å². The van der Waals surface area contributed by atoms with Crippen molar-refractivity contribution < 1.29 is 0 Å². The molecule has 0 saturated carbocycles. The van der Waals surface area contributed by atoms with E-state index in [1.165, 1.54) is 0 Å². The van der Waals surface area contributed by atoms with Gasteiger partial charge in [-0.05, 0) is 33.0 Å². The van der Waals surface area contributed by atoms with Gasteiger partial charge in [0.25, 0.3) is 0 Å². The SMILES string of the molecule is CCN(CC)CCN(CC)C(C)(CC)CN. The standard InChI is InChI=1S/C13H31N3/c1-6-13(5,12-14)16(9-4)11-10-15(7-2)8-3/h6-12,14H2,1-5H3. The first kappa shape index (κ1) is 15.9. The van der Waals surface area contributed by atoms with E-state index in [2.05, 4.69) is 44.4 Å². The Morgan fingerprint density at radius 2 is 1.50 bits per heavy atom. The van der Waals surface area contributed by atoms with Crippen LogP contribution in [0.2, 0.25) is 0 Å². The molecule has 1 atom stereocenters. The Bertz CT molecular complexity index is 163. The molecule has 0 radical (unpaired) electrons. The van der Waals surface area contributed by atoms with E-state index >= 15 is 0 Å². The summed E-state index contributed by atoms with van der Waals surface area (Å²) >= 11 is 0. The monoisotopic (exact) mass is 229 g/mol. The molecule has 0 aliphatic rings. The normalized spacial score (nSPS) is 15.8. The van der Waals surface area contributed by atoms with Crippen molar-refractivity contribution >= 4 is 0 Å². The second kappa shape index (κ2) is 8.04. The molecular formula is C13H31N3. The topological polar surface area (TPSA) is 32.5 Å². The van der Waals surface area contributed by atoms with Crippen LogP contribution in [0.25, 0.3) is 0 Å². The molecule has 0 aromatic carbocycles. The molecule has 3 heteroatoms. The minimum absolute atomic E-state index is 0.169. The lowest BCUT2D eigenvalue weighted by Crippen LogP contribution is -2.53. The summed E-state index contributed by atoms with van der Waals surface area (Å²) in [7, 11) is 0. The van der Waals surface area contributed by atoms with Crippen molar-refractivity contribution in [1.29, 1.82) is 0 Å².